The fourth-order valence-corrected chi connectivity index (χ4v) is 4.13. The van der Waals surface area contributed by atoms with E-state index in [2.05, 4.69) is 0 Å². The van der Waals surface area contributed by atoms with Gasteiger partial charge in [-0.1, -0.05) is 24.3 Å². The van der Waals surface area contributed by atoms with Gasteiger partial charge in [-0.25, -0.2) is 4.79 Å². The molecule has 2 aromatic rings. The van der Waals surface area contributed by atoms with Crippen LogP contribution in [-0.4, -0.2) is 38.9 Å². The lowest BCUT2D eigenvalue weighted by molar-refractivity contribution is -0.0309. The van der Waals surface area contributed by atoms with Crippen molar-refractivity contribution in [3.8, 4) is 11.1 Å². The Bertz CT molecular complexity index is 957. The zero-order valence-corrected chi connectivity index (χ0v) is 18.5. The number of nitrogens with zero attached hydrogens (tertiary/aromatic N) is 2. The number of ether oxygens (including phenoxy) is 1. The first kappa shape index (κ1) is 22.1. The minimum atomic E-state index is -0.856. The molecule has 1 aromatic carbocycles. The third-order valence-electron chi connectivity index (χ3n) is 5.77. The second-order valence-electron chi connectivity index (χ2n) is 8.77. The summed E-state index contributed by atoms with van der Waals surface area (Å²) in [5.41, 5.74) is 2.96. The number of benzene rings is 1. The molecule has 30 heavy (non-hydrogen) atoms. The van der Waals surface area contributed by atoms with Gasteiger partial charge in [-0.15, -0.1) is 0 Å². The van der Waals surface area contributed by atoms with Gasteiger partial charge in [0, 0.05) is 37.7 Å². The molecule has 1 saturated heterocycles. The smallest absolute Gasteiger partial charge is 0.410 e. The maximum atomic E-state index is 12.5. The monoisotopic (exact) mass is 412 g/mol. The molecule has 0 radical (unpaired) electrons. The molecule has 1 N–H and O–H groups in total. The Morgan fingerprint density at radius 2 is 1.83 bits per heavy atom. The highest BCUT2D eigenvalue weighted by Crippen LogP contribution is 2.29. The van der Waals surface area contributed by atoms with Crippen LogP contribution in [0.5, 0.6) is 0 Å². The maximum Gasteiger partial charge on any atom is 0.410 e. The Morgan fingerprint density at radius 1 is 1.17 bits per heavy atom. The molecule has 1 aliphatic heterocycles. The molecular weight excluding hydrogens is 380 g/mol. The van der Waals surface area contributed by atoms with Crippen LogP contribution in [0.4, 0.5) is 4.79 Å². The van der Waals surface area contributed by atoms with E-state index in [1.807, 2.05) is 51.1 Å². The molecule has 2 atom stereocenters. The summed E-state index contributed by atoms with van der Waals surface area (Å²) in [5, 5.41) is 9.97. The van der Waals surface area contributed by atoms with Crippen LogP contribution in [0.1, 0.15) is 57.8 Å². The summed E-state index contributed by atoms with van der Waals surface area (Å²) in [6.45, 7) is 10.6. The molecular formula is C24H32N2O4. The summed E-state index contributed by atoms with van der Waals surface area (Å²) in [6, 6.07) is 11.5. The summed E-state index contributed by atoms with van der Waals surface area (Å²) in [7, 11) is 0. The van der Waals surface area contributed by atoms with Crippen molar-refractivity contribution < 1.29 is 14.6 Å². The largest absolute Gasteiger partial charge is 0.446 e. The number of cyclic esters (lactones) is 1. The minimum absolute atomic E-state index is 0.00150. The third-order valence-corrected chi connectivity index (χ3v) is 5.77. The summed E-state index contributed by atoms with van der Waals surface area (Å²) >= 11 is 0. The average Bonchev–Trinajstić information content (AvgIpc) is 2.66. The van der Waals surface area contributed by atoms with Gasteiger partial charge in [0.1, 0.15) is 6.10 Å². The number of hydrogen-bond acceptors (Lipinski definition) is 4. The van der Waals surface area contributed by atoms with Crippen LogP contribution in [-0.2, 0) is 11.3 Å². The van der Waals surface area contributed by atoms with E-state index in [9.17, 15) is 14.7 Å². The van der Waals surface area contributed by atoms with Crippen molar-refractivity contribution in [3.63, 3.8) is 0 Å². The van der Waals surface area contributed by atoms with Crippen molar-refractivity contribution in [1.82, 2.24) is 9.47 Å². The van der Waals surface area contributed by atoms with Crippen LogP contribution in [0.25, 0.3) is 11.1 Å². The second kappa shape index (κ2) is 8.64. The van der Waals surface area contributed by atoms with Gasteiger partial charge >= 0.3 is 6.09 Å². The molecule has 162 valence electrons. The molecule has 0 bridgehead atoms. The van der Waals surface area contributed by atoms with Crippen molar-refractivity contribution in [2.24, 2.45) is 0 Å². The van der Waals surface area contributed by atoms with Crippen molar-refractivity contribution in [2.45, 2.75) is 71.8 Å². The third kappa shape index (κ3) is 4.93. The van der Waals surface area contributed by atoms with E-state index in [0.717, 1.165) is 22.4 Å². The molecule has 2 unspecified atom stereocenters. The number of carbonyl (C=O) groups excluding carboxylic acids is 1. The molecule has 0 spiro atoms. The van der Waals surface area contributed by atoms with E-state index in [-0.39, 0.29) is 23.8 Å². The number of aryl methyl sites for hydroxylation is 1. The van der Waals surface area contributed by atoms with Gasteiger partial charge in [0.25, 0.3) is 5.56 Å². The van der Waals surface area contributed by atoms with E-state index in [1.165, 1.54) is 0 Å². The second-order valence-corrected chi connectivity index (χ2v) is 8.77. The summed E-state index contributed by atoms with van der Waals surface area (Å²) < 4.78 is 7.29. The number of rotatable bonds is 6. The van der Waals surface area contributed by atoms with Crippen molar-refractivity contribution in [1.29, 1.82) is 0 Å². The predicted octanol–water partition coefficient (Wildman–Crippen LogP) is 4.28. The Labute approximate surface area is 178 Å². The highest BCUT2D eigenvalue weighted by Gasteiger charge is 2.33. The van der Waals surface area contributed by atoms with Crippen LogP contribution < -0.4 is 5.56 Å². The standard InChI is InChI=1S/C24H32N2O4/c1-6-25-16(2)13-20(14-22(25)27)19-9-7-18(8-10-19)17(3)26-12-11-21(30-23(26)28)15-24(4,5)29/h7-10,13-14,17,21,29H,6,11-12,15H2,1-5H3. The van der Waals surface area contributed by atoms with E-state index in [1.54, 1.807) is 29.4 Å². The fraction of sp³-hybridized carbons (Fsp3) is 0.500. The molecule has 2 heterocycles. The average molecular weight is 413 g/mol. The lowest BCUT2D eigenvalue weighted by Gasteiger charge is -2.37. The highest BCUT2D eigenvalue weighted by atomic mass is 16.6. The number of pyridine rings is 1. The lowest BCUT2D eigenvalue weighted by Crippen LogP contribution is -2.45. The Morgan fingerprint density at radius 3 is 2.37 bits per heavy atom. The van der Waals surface area contributed by atoms with Crippen LogP contribution in [0, 0.1) is 6.92 Å². The van der Waals surface area contributed by atoms with E-state index < -0.39 is 5.60 Å². The quantitative estimate of drug-likeness (QED) is 0.769. The Hall–Kier alpha value is -2.60. The Balaban J connectivity index is 1.72. The van der Waals surface area contributed by atoms with Gasteiger partial charge < -0.3 is 19.3 Å². The maximum absolute atomic E-state index is 12.5. The molecule has 6 nitrogen and oxygen atoms in total. The first-order valence-electron chi connectivity index (χ1n) is 10.6. The predicted molar refractivity (Wildman–Crippen MR) is 117 cm³/mol. The van der Waals surface area contributed by atoms with Crippen LogP contribution in [0.15, 0.2) is 41.2 Å². The summed E-state index contributed by atoms with van der Waals surface area (Å²) in [6.07, 6.45) is 0.541. The molecule has 1 amide bonds. The van der Waals surface area contributed by atoms with E-state index in [4.69, 9.17) is 4.74 Å². The zero-order chi connectivity index (χ0) is 22.1. The van der Waals surface area contributed by atoms with Gasteiger partial charge in [0.05, 0.1) is 11.6 Å². The van der Waals surface area contributed by atoms with Crippen molar-refractivity contribution in [3.05, 3.63) is 58.0 Å². The Kier molecular flexibility index (Phi) is 6.36. The van der Waals surface area contributed by atoms with E-state index in [0.29, 0.717) is 25.9 Å². The normalized spacial score (nSPS) is 18.3. The summed E-state index contributed by atoms with van der Waals surface area (Å²) in [4.78, 5) is 26.5. The first-order valence-corrected chi connectivity index (χ1v) is 10.6. The van der Waals surface area contributed by atoms with Gasteiger partial charge in [0.15, 0.2) is 0 Å². The van der Waals surface area contributed by atoms with Gasteiger partial charge in [-0.3, -0.25) is 4.79 Å². The van der Waals surface area contributed by atoms with Crippen LogP contribution >= 0.6 is 0 Å². The number of hydrogen-bond donors (Lipinski definition) is 1. The number of amides is 1. The molecule has 1 aliphatic rings. The molecule has 1 aromatic heterocycles. The molecule has 1 fully saturated rings. The first-order chi connectivity index (χ1) is 14.1. The van der Waals surface area contributed by atoms with Gasteiger partial charge in [-0.05, 0) is 57.4 Å². The topological polar surface area (TPSA) is 71.8 Å². The number of carbonyl (C=O) groups is 1. The lowest BCUT2D eigenvalue weighted by atomic mass is 9.97. The zero-order valence-electron chi connectivity index (χ0n) is 18.5. The molecule has 3 rings (SSSR count). The molecule has 6 heteroatoms. The molecule has 0 aliphatic carbocycles. The SMILES string of the molecule is CCn1c(C)cc(-c2ccc(C(C)N3CCC(CC(C)(C)O)OC3=O)cc2)cc1=O. The fourth-order valence-electron chi connectivity index (χ4n) is 4.13. The van der Waals surface area contributed by atoms with Gasteiger partial charge in [0.2, 0.25) is 0 Å². The van der Waals surface area contributed by atoms with Crippen molar-refractivity contribution in [2.75, 3.05) is 6.54 Å². The van der Waals surface area contributed by atoms with Gasteiger partial charge in [-0.2, -0.15) is 0 Å². The highest BCUT2D eigenvalue weighted by molar-refractivity contribution is 5.69. The summed E-state index contributed by atoms with van der Waals surface area (Å²) in [5.74, 6) is 0. The number of aliphatic hydroxyl groups is 1. The van der Waals surface area contributed by atoms with E-state index >= 15 is 0 Å². The van der Waals surface area contributed by atoms with Crippen LogP contribution in [0.2, 0.25) is 0 Å². The number of aromatic nitrogens is 1. The van der Waals surface area contributed by atoms with Crippen LogP contribution in [0.3, 0.4) is 0 Å². The van der Waals surface area contributed by atoms with Crippen molar-refractivity contribution >= 4 is 6.09 Å². The minimum Gasteiger partial charge on any atom is -0.446 e. The molecule has 0 saturated carbocycles.